The van der Waals surface area contributed by atoms with Crippen molar-refractivity contribution < 1.29 is 9.90 Å². The van der Waals surface area contributed by atoms with Crippen molar-refractivity contribution >= 4 is 5.91 Å². The Morgan fingerprint density at radius 2 is 2.25 bits per heavy atom. The van der Waals surface area contributed by atoms with E-state index in [2.05, 4.69) is 18.7 Å². The average molecular weight is 228 g/mol. The van der Waals surface area contributed by atoms with E-state index in [0.717, 1.165) is 32.5 Å². The highest BCUT2D eigenvalue weighted by atomic mass is 16.3. The molecule has 1 heterocycles. The third-order valence-electron chi connectivity index (χ3n) is 3.21. The van der Waals surface area contributed by atoms with E-state index in [-0.39, 0.29) is 18.6 Å². The Morgan fingerprint density at radius 1 is 1.56 bits per heavy atom. The third-order valence-corrected chi connectivity index (χ3v) is 3.21. The molecule has 0 spiro atoms. The van der Waals surface area contributed by atoms with Gasteiger partial charge in [0.2, 0.25) is 5.91 Å². The van der Waals surface area contributed by atoms with Crippen molar-refractivity contribution in [2.75, 3.05) is 26.2 Å². The fraction of sp³-hybridized carbons (Fsp3) is 0.917. The smallest absolute Gasteiger partial charge is 0.219 e. The molecule has 1 atom stereocenters. The Kier molecular flexibility index (Phi) is 5.22. The highest BCUT2D eigenvalue weighted by molar-refractivity contribution is 5.74. The average Bonchev–Trinajstić information content (AvgIpc) is 2.17. The van der Waals surface area contributed by atoms with Gasteiger partial charge >= 0.3 is 0 Å². The number of likely N-dealkylation sites (tertiary alicyclic amines) is 1. The van der Waals surface area contributed by atoms with Crippen molar-refractivity contribution in [2.24, 2.45) is 0 Å². The number of carbonyl (C=O) groups is 1. The second kappa shape index (κ2) is 6.21. The molecule has 1 aliphatic heterocycles. The predicted molar refractivity (Wildman–Crippen MR) is 64.2 cm³/mol. The normalized spacial score (nSPS) is 22.4. The van der Waals surface area contributed by atoms with E-state index in [0.29, 0.717) is 6.04 Å². The first-order valence-electron chi connectivity index (χ1n) is 6.18. The van der Waals surface area contributed by atoms with Gasteiger partial charge in [0.15, 0.2) is 0 Å². The summed E-state index contributed by atoms with van der Waals surface area (Å²) in [7, 11) is 0. The van der Waals surface area contributed by atoms with Crippen LogP contribution in [0.3, 0.4) is 0 Å². The SMILES string of the molecule is CC(=O)N(C(C)C)C1CCCN(CCO)C1. The number of amides is 1. The monoisotopic (exact) mass is 228 g/mol. The first-order valence-corrected chi connectivity index (χ1v) is 6.18. The third kappa shape index (κ3) is 3.46. The quantitative estimate of drug-likeness (QED) is 0.770. The second-order valence-electron chi connectivity index (χ2n) is 4.84. The summed E-state index contributed by atoms with van der Waals surface area (Å²) in [5, 5.41) is 8.94. The van der Waals surface area contributed by atoms with Crippen molar-refractivity contribution in [1.29, 1.82) is 0 Å². The maximum Gasteiger partial charge on any atom is 0.219 e. The largest absolute Gasteiger partial charge is 0.395 e. The van der Waals surface area contributed by atoms with Crippen molar-refractivity contribution in [2.45, 2.75) is 45.7 Å². The standard InChI is InChI=1S/C12H24N2O2/c1-10(2)14(11(3)16)12-5-4-6-13(9-12)7-8-15/h10,12,15H,4-9H2,1-3H3. The highest BCUT2D eigenvalue weighted by Gasteiger charge is 2.28. The van der Waals surface area contributed by atoms with Gasteiger partial charge in [0.25, 0.3) is 0 Å². The second-order valence-corrected chi connectivity index (χ2v) is 4.84. The van der Waals surface area contributed by atoms with Crippen LogP contribution in [0.2, 0.25) is 0 Å². The Bertz CT molecular complexity index is 229. The summed E-state index contributed by atoms with van der Waals surface area (Å²) in [6, 6.07) is 0.578. The molecule has 1 N–H and O–H groups in total. The number of aliphatic hydroxyl groups excluding tert-OH is 1. The molecule has 1 amide bonds. The molecule has 0 saturated carbocycles. The lowest BCUT2D eigenvalue weighted by molar-refractivity contribution is -0.134. The van der Waals surface area contributed by atoms with Crippen LogP contribution in [-0.2, 0) is 4.79 Å². The molecule has 1 saturated heterocycles. The number of hydrogen-bond donors (Lipinski definition) is 1. The zero-order valence-corrected chi connectivity index (χ0v) is 10.6. The van der Waals surface area contributed by atoms with Gasteiger partial charge in [-0.15, -0.1) is 0 Å². The van der Waals surface area contributed by atoms with Crippen molar-refractivity contribution in [3.05, 3.63) is 0 Å². The van der Waals surface area contributed by atoms with Gasteiger partial charge in [-0.2, -0.15) is 0 Å². The maximum atomic E-state index is 11.6. The first-order chi connectivity index (χ1) is 7.56. The molecule has 0 aromatic rings. The number of hydrogen-bond acceptors (Lipinski definition) is 3. The van der Waals surface area contributed by atoms with E-state index < -0.39 is 0 Å². The summed E-state index contributed by atoms with van der Waals surface area (Å²) in [4.78, 5) is 15.8. The minimum Gasteiger partial charge on any atom is -0.395 e. The summed E-state index contributed by atoms with van der Waals surface area (Å²) < 4.78 is 0. The fourth-order valence-electron chi connectivity index (χ4n) is 2.65. The van der Waals surface area contributed by atoms with Crippen LogP contribution in [0.1, 0.15) is 33.6 Å². The van der Waals surface area contributed by atoms with Gasteiger partial charge in [0, 0.05) is 32.1 Å². The summed E-state index contributed by atoms with van der Waals surface area (Å²) in [6.45, 7) is 8.64. The molecular formula is C12H24N2O2. The van der Waals surface area contributed by atoms with Crippen LogP contribution in [0.5, 0.6) is 0 Å². The lowest BCUT2D eigenvalue weighted by Crippen LogP contribution is -2.52. The first kappa shape index (κ1) is 13.5. The molecule has 0 bridgehead atoms. The van der Waals surface area contributed by atoms with E-state index >= 15 is 0 Å². The Morgan fingerprint density at radius 3 is 2.75 bits per heavy atom. The molecule has 1 unspecified atom stereocenters. The van der Waals surface area contributed by atoms with Gasteiger partial charge in [-0.25, -0.2) is 0 Å². The van der Waals surface area contributed by atoms with Crippen LogP contribution in [0.4, 0.5) is 0 Å². The molecule has 4 nitrogen and oxygen atoms in total. The van der Waals surface area contributed by atoms with Crippen molar-refractivity contribution in [1.82, 2.24) is 9.80 Å². The number of piperidine rings is 1. The van der Waals surface area contributed by atoms with E-state index in [4.69, 9.17) is 5.11 Å². The van der Waals surface area contributed by atoms with E-state index in [1.807, 2.05) is 4.90 Å². The zero-order chi connectivity index (χ0) is 12.1. The van der Waals surface area contributed by atoms with Crippen molar-refractivity contribution in [3.8, 4) is 0 Å². The number of aliphatic hydroxyl groups is 1. The van der Waals surface area contributed by atoms with E-state index in [1.165, 1.54) is 0 Å². The van der Waals surface area contributed by atoms with Gasteiger partial charge < -0.3 is 10.0 Å². The zero-order valence-electron chi connectivity index (χ0n) is 10.6. The molecule has 1 aliphatic rings. The van der Waals surface area contributed by atoms with Gasteiger partial charge in [-0.1, -0.05) is 0 Å². The summed E-state index contributed by atoms with van der Waals surface area (Å²) in [5.41, 5.74) is 0. The fourth-order valence-corrected chi connectivity index (χ4v) is 2.65. The number of β-amino-alcohol motifs (C(OH)–C–C–N with tert-alkyl or cyclic N) is 1. The van der Waals surface area contributed by atoms with Crippen LogP contribution in [-0.4, -0.2) is 59.1 Å². The molecule has 0 aromatic heterocycles. The molecule has 0 aromatic carbocycles. The molecule has 0 aliphatic carbocycles. The van der Waals surface area contributed by atoms with Gasteiger partial charge in [0.05, 0.1) is 6.61 Å². The molecule has 1 rings (SSSR count). The van der Waals surface area contributed by atoms with Crippen LogP contribution in [0.15, 0.2) is 0 Å². The number of rotatable bonds is 4. The highest BCUT2D eigenvalue weighted by Crippen LogP contribution is 2.18. The lowest BCUT2D eigenvalue weighted by atomic mass is 10.0. The van der Waals surface area contributed by atoms with Crippen LogP contribution < -0.4 is 0 Å². The summed E-state index contributed by atoms with van der Waals surface area (Å²) in [5.74, 6) is 0.158. The van der Waals surface area contributed by atoms with Crippen LogP contribution in [0, 0.1) is 0 Å². The van der Waals surface area contributed by atoms with Crippen LogP contribution in [0.25, 0.3) is 0 Å². The van der Waals surface area contributed by atoms with Crippen molar-refractivity contribution in [3.63, 3.8) is 0 Å². The topological polar surface area (TPSA) is 43.8 Å². The maximum absolute atomic E-state index is 11.6. The minimum atomic E-state index is 0.158. The molecular weight excluding hydrogens is 204 g/mol. The summed E-state index contributed by atoms with van der Waals surface area (Å²) in [6.07, 6.45) is 2.20. The van der Waals surface area contributed by atoms with E-state index in [1.54, 1.807) is 6.92 Å². The van der Waals surface area contributed by atoms with E-state index in [9.17, 15) is 4.79 Å². The molecule has 4 heteroatoms. The molecule has 94 valence electrons. The predicted octanol–water partition coefficient (Wildman–Crippen LogP) is 0.700. The Labute approximate surface area is 98.2 Å². The molecule has 0 radical (unpaired) electrons. The van der Waals surface area contributed by atoms with Crippen LogP contribution >= 0.6 is 0 Å². The van der Waals surface area contributed by atoms with Gasteiger partial charge in [-0.3, -0.25) is 9.69 Å². The van der Waals surface area contributed by atoms with Gasteiger partial charge in [0.1, 0.15) is 0 Å². The van der Waals surface area contributed by atoms with Gasteiger partial charge in [-0.05, 0) is 33.2 Å². The molecule has 16 heavy (non-hydrogen) atoms. The Balaban J connectivity index is 2.59. The minimum absolute atomic E-state index is 0.158. The number of carbonyl (C=O) groups excluding carboxylic acids is 1. The number of nitrogens with zero attached hydrogens (tertiary/aromatic N) is 2. The lowest BCUT2D eigenvalue weighted by Gasteiger charge is -2.40. The Hall–Kier alpha value is -0.610. The summed E-state index contributed by atoms with van der Waals surface area (Å²) >= 11 is 0. The molecule has 1 fully saturated rings.